The van der Waals surface area contributed by atoms with Crippen molar-refractivity contribution in [2.45, 2.75) is 34.1 Å². The summed E-state index contributed by atoms with van der Waals surface area (Å²) in [5.74, 6) is 0.257. The van der Waals surface area contributed by atoms with Crippen LogP contribution in [-0.4, -0.2) is 12.6 Å². The van der Waals surface area contributed by atoms with Crippen molar-refractivity contribution >= 4 is 5.97 Å². The first-order valence-electron chi connectivity index (χ1n) is 4.47. The highest BCUT2D eigenvalue weighted by Gasteiger charge is 2.05. The summed E-state index contributed by atoms with van der Waals surface area (Å²) in [7, 11) is 0. The lowest BCUT2D eigenvalue weighted by Gasteiger charge is -2.04. The predicted octanol–water partition coefficient (Wildman–Crippen LogP) is 2.54. The molecular formula is C10H18O2. The SMILES string of the molecule is CCOC(=O)/C(C)=C/[C@@H](C)CC. The number of rotatable bonds is 4. The molecule has 0 rings (SSSR count). The highest BCUT2D eigenvalue weighted by Crippen LogP contribution is 2.07. The van der Waals surface area contributed by atoms with Crippen molar-refractivity contribution < 1.29 is 9.53 Å². The van der Waals surface area contributed by atoms with Gasteiger partial charge in [-0.05, 0) is 19.8 Å². The molecule has 0 aromatic carbocycles. The summed E-state index contributed by atoms with van der Waals surface area (Å²) >= 11 is 0. The van der Waals surface area contributed by atoms with Gasteiger partial charge in [-0.15, -0.1) is 0 Å². The maximum Gasteiger partial charge on any atom is 0.333 e. The van der Waals surface area contributed by atoms with Crippen molar-refractivity contribution in [2.75, 3.05) is 6.61 Å². The zero-order chi connectivity index (χ0) is 9.56. The molecular weight excluding hydrogens is 152 g/mol. The van der Waals surface area contributed by atoms with E-state index >= 15 is 0 Å². The molecule has 2 heteroatoms. The van der Waals surface area contributed by atoms with Crippen molar-refractivity contribution in [1.82, 2.24) is 0 Å². The van der Waals surface area contributed by atoms with Crippen molar-refractivity contribution in [1.29, 1.82) is 0 Å². The molecule has 0 radical (unpaired) electrons. The van der Waals surface area contributed by atoms with E-state index in [1.807, 2.05) is 13.0 Å². The molecule has 12 heavy (non-hydrogen) atoms. The fraction of sp³-hybridized carbons (Fsp3) is 0.700. The van der Waals surface area contributed by atoms with E-state index in [-0.39, 0.29) is 5.97 Å². The van der Waals surface area contributed by atoms with Gasteiger partial charge in [0.25, 0.3) is 0 Å². The van der Waals surface area contributed by atoms with Crippen LogP contribution in [0, 0.1) is 5.92 Å². The van der Waals surface area contributed by atoms with Crippen LogP contribution in [0.1, 0.15) is 34.1 Å². The Morgan fingerprint density at radius 3 is 2.50 bits per heavy atom. The molecule has 0 aliphatic rings. The monoisotopic (exact) mass is 170 g/mol. The molecule has 0 aliphatic carbocycles. The van der Waals surface area contributed by atoms with E-state index in [2.05, 4.69) is 13.8 Å². The van der Waals surface area contributed by atoms with Crippen LogP contribution in [0.15, 0.2) is 11.6 Å². The van der Waals surface area contributed by atoms with Gasteiger partial charge in [0.15, 0.2) is 0 Å². The molecule has 0 saturated carbocycles. The first-order valence-corrected chi connectivity index (χ1v) is 4.47. The van der Waals surface area contributed by atoms with E-state index in [1.54, 1.807) is 6.92 Å². The van der Waals surface area contributed by atoms with Gasteiger partial charge in [-0.1, -0.05) is 26.3 Å². The Kier molecular flexibility index (Phi) is 5.43. The number of carbonyl (C=O) groups is 1. The second-order valence-electron chi connectivity index (χ2n) is 2.96. The van der Waals surface area contributed by atoms with Gasteiger partial charge in [0, 0.05) is 5.57 Å². The summed E-state index contributed by atoms with van der Waals surface area (Å²) in [6, 6.07) is 0. The molecule has 0 unspecified atom stereocenters. The molecule has 0 aromatic heterocycles. The fourth-order valence-electron chi connectivity index (χ4n) is 0.858. The molecule has 0 aliphatic heterocycles. The molecule has 0 aromatic rings. The van der Waals surface area contributed by atoms with Crippen LogP contribution in [0.3, 0.4) is 0 Å². The molecule has 0 amide bonds. The minimum atomic E-state index is -0.196. The Bertz CT molecular complexity index is 171. The highest BCUT2D eigenvalue weighted by molar-refractivity contribution is 5.87. The van der Waals surface area contributed by atoms with E-state index in [0.717, 1.165) is 6.42 Å². The topological polar surface area (TPSA) is 26.3 Å². The summed E-state index contributed by atoms with van der Waals surface area (Å²) in [4.78, 5) is 11.1. The molecule has 0 spiro atoms. The van der Waals surface area contributed by atoms with Gasteiger partial charge in [0.2, 0.25) is 0 Å². The third kappa shape index (κ3) is 4.16. The molecule has 0 N–H and O–H groups in total. The predicted molar refractivity (Wildman–Crippen MR) is 49.8 cm³/mol. The molecule has 0 heterocycles. The lowest BCUT2D eigenvalue weighted by Crippen LogP contribution is -2.06. The highest BCUT2D eigenvalue weighted by atomic mass is 16.5. The standard InChI is InChI=1S/C10H18O2/c1-5-8(3)7-9(4)10(11)12-6-2/h7-8H,5-6H2,1-4H3/b9-7+/t8-/m0/s1. The van der Waals surface area contributed by atoms with Gasteiger partial charge >= 0.3 is 5.97 Å². The number of hydrogen-bond donors (Lipinski definition) is 0. The minimum absolute atomic E-state index is 0.196. The van der Waals surface area contributed by atoms with Crippen LogP contribution in [0.2, 0.25) is 0 Å². The van der Waals surface area contributed by atoms with Crippen LogP contribution < -0.4 is 0 Å². The molecule has 0 bridgehead atoms. The van der Waals surface area contributed by atoms with Gasteiger partial charge in [-0.25, -0.2) is 4.79 Å². The maximum atomic E-state index is 11.1. The van der Waals surface area contributed by atoms with Crippen LogP contribution in [0.5, 0.6) is 0 Å². The van der Waals surface area contributed by atoms with E-state index < -0.39 is 0 Å². The van der Waals surface area contributed by atoms with Crippen LogP contribution in [-0.2, 0) is 9.53 Å². The third-order valence-electron chi connectivity index (χ3n) is 1.78. The second kappa shape index (κ2) is 5.81. The number of ether oxygens (including phenoxy) is 1. The summed E-state index contributed by atoms with van der Waals surface area (Å²) in [5.41, 5.74) is 0.714. The lowest BCUT2D eigenvalue weighted by atomic mass is 10.1. The zero-order valence-electron chi connectivity index (χ0n) is 8.39. The average molecular weight is 170 g/mol. The normalized spacial score (nSPS) is 14.2. The van der Waals surface area contributed by atoms with E-state index in [0.29, 0.717) is 18.1 Å². The summed E-state index contributed by atoms with van der Waals surface area (Å²) < 4.78 is 4.84. The number of allylic oxidation sites excluding steroid dienone is 1. The van der Waals surface area contributed by atoms with Gasteiger partial charge in [0.05, 0.1) is 6.61 Å². The average Bonchev–Trinajstić information content (AvgIpc) is 2.04. The lowest BCUT2D eigenvalue weighted by molar-refractivity contribution is -0.138. The molecule has 70 valence electrons. The molecule has 1 atom stereocenters. The van der Waals surface area contributed by atoms with Gasteiger partial charge in [-0.3, -0.25) is 0 Å². The van der Waals surface area contributed by atoms with Gasteiger partial charge in [-0.2, -0.15) is 0 Å². The maximum absolute atomic E-state index is 11.1. The van der Waals surface area contributed by atoms with Crippen molar-refractivity contribution in [2.24, 2.45) is 5.92 Å². The Morgan fingerprint density at radius 1 is 1.50 bits per heavy atom. The van der Waals surface area contributed by atoms with Crippen LogP contribution >= 0.6 is 0 Å². The largest absolute Gasteiger partial charge is 0.463 e. The number of hydrogen-bond acceptors (Lipinski definition) is 2. The Hall–Kier alpha value is -0.790. The second-order valence-corrected chi connectivity index (χ2v) is 2.96. The smallest absolute Gasteiger partial charge is 0.333 e. The van der Waals surface area contributed by atoms with Gasteiger partial charge < -0.3 is 4.74 Å². The number of carbonyl (C=O) groups excluding carboxylic acids is 1. The molecule has 2 nitrogen and oxygen atoms in total. The first kappa shape index (κ1) is 11.2. The third-order valence-corrected chi connectivity index (χ3v) is 1.78. The van der Waals surface area contributed by atoms with Crippen molar-refractivity contribution in [3.8, 4) is 0 Å². The van der Waals surface area contributed by atoms with Gasteiger partial charge in [0.1, 0.15) is 0 Å². The fourth-order valence-corrected chi connectivity index (χ4v) is 0.858. The van der Waals surface area contributed by atoms with E-state index in [9.17, 15) is 4.79 Å². The summed E-state index contributed by atoms with van der Waals surface area (Å²) in [6.45, 7) is 8.24. The quantitative estimate of drug-likeness (QED) is 0.478. The Labute approximate surface area is 74.6 Å². The Morgan fingerprint density at radius 2 is 2.08 bits per heavy atom. The first-order chi connectivity index (χ1) is 5.61. The Balaban J connectivity index is 4.07. The van der Waals surface area contributed by atoms with E-state index in [1.165, 1.54) is 0 Å². The minimum Gasteiger partial charge on any atom is -0.463 e. The zero-order valence-corrected chi connectivity index (χ0v) is 8.39. The molecule has 0 saturated heterocycles. The van der Waals surface area contributed by atoms with Crippen molar-refractivity contribution in [3.05, 3.63) is 11.6 Å². The summed E-state index contributed by atoms with van der Waals surface area (Å²) in [6.07, 6.45) is 3.01. The molecule has 0 fully saturated rings. The van der Waals surface area contributed by atoms with Crippen molar-refractivity contribution in [3.63, 3.8) is 0 Å². The summed E-state index contributed by atoms with van der Waals surface area (Å²) in [5, 5.41) is 0. The van der Waals surface area contributed by atoms with E-state index in [4.69, 9.17) is 4.74 Å². The van der Waals surface area contributed by atoms with Crippen LogP contribution in [0.25, 0.3) is 0 Å². The number of esters is 1. The van der Waals surface area contributed by atoms with Crippen LogP contribution in [0.4, 0.5) is 0 Å².